The lowest BCUT2D eigenvalue weighted by molar-refractivity contribution is 0.0957. The Balaban J connectivity index is 2.00. The smallest absolute Gasteiger partial charge is 0.408 e. The molecule has 1 heterocycles. The van der Waals surface area contributed by atoms with E-state index in [1.807, 2.05) is 37.3 Å². The van der Waals surface area contributed by atoms with E-state index in [-0.39, 0.29) is 11.7 Å². The Morgan fingerprint density at radius 2 is 1.95 bits per heavy atom. The minimum atomic E-state index is -0.510. The van der Waals surface area contributed by atoms with Crippen LogP contribution in [0.15, 0.2) is 57.7 Å². The van der Waals surface area contributed by atoms with E-state index in [0.29, 0.717) is 16.7 Å². The molecule has 0 amide bonds. The quantitative estimate of drug-likeness (QED) is 0.744. The van der Waals surface area contributed by atoms with Crippen molar-refractivity contribution < 1.29 is 9.21 Å². The molecular formula is C17H15NO3. The lowest BCUT2D eigenvalue weighted by Crippen LogP contribution is -2.12. The van der Waals surface area contributed by atoms with E-state index < -0.39 is 5.76 Å². The molecule has 1 aromatic heterocycles. The number of rotatable bonds is 4. The van der Waals surface area contributed by atoms with Gasteiger partial charge in [0.05, 0.1) is 5.52 Å². The Kier molecular flexibility index (Phi) is 3.44. The number of benzene rings is 2. The van der Waals surface area contributed by atoms with Gasteiger partial charge in [0.1, 0.15) is 0 Å². The van der Waals surface area contributed by atoms with E-state index in [4.69, 9.17) is 4.42 Å². The number of fused-ring (bicyclic) bond motifs is 1. The lowest BCUT2D eigenvalue weighted by Gasteiger charge is -2.14. The number of hydrogen-bond acceptors (Lipinski definition) is 3. The van der Waals surface area contributed by atoms with Crippen molar-refractivity contribution in [2.24, 2.45) is 0 Å². The lowest BCUT2D eigenvalue weighted by atomic mass is 9.88. The zero-order valence-electron chi connectivity index (χ0n) is 11.6. The Morgan fingerprint density at radius 1 is 1.19 bits per heavy atom. The highest BCUT2D eigenvalue weighted by atomic mass is 16.4. The second kappa shape index (κ2) is 5.40. The molecule has 106 valence electrons. The van der Waals surface area contributed by atoms with Gasteiger partial charge in [-0.2, -0.15) is 0 Å². The van der Waals surface area contributed by atoms with E-state index in [0.717, 1.165) is 12.0 Å². The van der Waals surface area contributed by atoms with Gasteiger partial charge in [-0.1, -0.05) is 37.3 Å². The number of nitrogens with one attached hydrogen (secondary N) is 1. The Morgan fingerprint density at radius 3 is 2.67 bits per heavy atom. The zero-order chi connectivity index (χ0) is 14.8. The van der Waals surface area contributed by atoms with Crippen molar-refractivity contribution >= 4 is 16.9 Å². The molecule has 0 aliphatic heterocycles. The number of aromatic nitrogens is 1. The predicted molar refractivity (Wildman–Crippen MR) is 80.6 cm³/mol. The zero-order valence-corrected chi connectivity index (χ0v) is 11.6. The molecule has 0 fully saturated rings. The SMILES string of the molecule is CCC(C(=O)c1ccc2[nH]c(=O)oc2c1)c1ccccc1. The topological polar surface area (TPSA) is 63.1 Å². The van der Waals surface area contributed by atoms with E-state index in [1.165, 1.54) is 0 Å². The Bertz CT molecular complexity index is 830. The molecular weight excluding hydrogens is 266 g/mol. The van der Waals surface area contributed by atoms with Gasteiger partial charge in [-0.15, -0.1) is 0 Å². The Hall–Kier alpha value is -2.62. The summed E-state index contributed by atoms with van der Waals surface area (Å²) in [5.41, 5.74) is 2.57. The molecule has 0 bridgehead atoms. The van der Waals surface area contributed by atoms with Gasteiger partial charge in [0.25, 0.3) is 0 Å². The number of aromatic amines is 1. The van der Waals surface area contributed by atoms with Crippen LogP contribution in [0.3, 0.4) is 0 Å². The molecule has 0 spiro atoms. The van der Waals surface area contributed by atoms with Crippen molar-refractivity contribution in [3.63, 3.8) is 0 Å². The summed E-state index contributed by atoms with van der Waals surface area (Å²) in [6.07, 6.45) is 0.720. The first-order chi connectivity index (χ1) is 10.2. The van der Waals surface area contributed by atoms with Gasteiger partial charge >= 0.3 is 5.76 Å². The molecule has 0 saturated carbocycles. The fourth-order valence-corrected chi connectivity index (χ4v) is 2.56. The molecule has 4 nitrogen and oxygen atoms in total. The number of ketones is 1. The normalized spacial score (nSPS) is 12.4. The Labute approximate surface area is 121 Å². The van der Waals surface area contributed by atoms with Gasteiger partial charge in [-0.3, -0.25) is 9.78 Å². The number of carbonyl (C=O) groups is 1. The molecule has 1 unspecified atom stereocenters. The summed E-state index contributed by atoms with van der Waals surface area (Å²) in [6.45, 7) is 1.99. The first-order valence-electron chi connectivity index (χ1n) is 6.91. The maximum absolute atomic E-state index is 12.7. The third-order valence-electron chi connectivity index (χ3n) is 3.63. The van der Waals surface area contributed by atoms with Crippen molar-refractivity contribution in [3.8, 4) is 0 Å². The molecule has 1 atom stereocenters. The first-order valence-corrected chi connectivity index (χ1v) is 6.91. The van der Waals surface area contributed by atoms with Crippen LogP contribution in [0.25, 0.3) is 11.1 Å². The van der Waals surface area contributed by atoms with Crippen LogP contribution in [0.5, 0.6) is 0 Å². The first kappa shape index (κ1) is 13.4. The van der Waals surface area contributed by atoms with E-state index in [9.17, 15) is 9.59 Å². The van der Waals surface area contributed by atoms with Crippen molar-refractivity contribution in [1.29, 1.82) is 0 Å². The van der Waals surface area contributed by atoms with Gasteiger partial charge in [0.2, 0.25) is 0 Å². The van der Waals surface area contributed by atoms with Gasteiger partial charge in [0.15, 0.2) is 11.4 Å². The fraction of sp³-hybridized carbons (Fsp3) is 0.176. The standard InChI is InChI=1S/C17H15NO3/c1-2-13(11-6-4-3-5-7-11)16(19)12-8-9-14-15(10-12)21-17(20)18-14/h3-10,13H,2H2,1H3,(H,18,20). The number of carbonyl (C=O) groups excluding carboxylic acids is 1. The number of Topliss-reactive ketones (excluding diaryl/α,β-unsaturated/α-hetero) is 1. The fourth-order valence-electron chi connectivity index (χ4n) is 2.56. The van der Waals surface area contributed by atoms with Crippen molar-refractivity contribution in [2.75, 3.05) is 0 Å². The summed E-state index contributed by atoms with van der Waals surface area (Å²) in [7, 11) is 0. The minimum Gasteiger partial charge on any atom is -0.408 e. The summed E-state index contributed by atoms with van der Waals surface area (Å²) in [5, 5.41) is 0. The predicted octanol–water partition coefficient (Wildman–Crippen LogP) is 3.50. The highest BCUT2D eigenvalue weighted by molar-refractivity contribution is 6.02. The molecule has 3 aromatic rings. The highest BCUT2D eigenvalue weighted by Crippen LogP contribution is 2.25. The summed E-state index contributed by atoms with van der Waals surface area (Å²) < 4.78 is 5.01. The van der Waals surface area contributed by atoms with Gasteiger partial charge < -0.3 is 4.42 Å². The number of oxazole rings is 1. The van der Waals surface area contributed by atoms with E-state index >= 15 is 0 Å². The molecule has 0 aliphatic rings. The molecule has 0 saturated heterocycles. The van der Waals surface area contributed by atoms with Crippen molar-refractivity contribution in [2.45, 2.75) is 19.3 Å². The van der Waals surface area contributed by atoms with E-state index in [2.05, 4.69) is 4.98 Å². The molecule has 0 radical (unpaired) electrons. The minimum absolute atomic E-state index is 0.0365. The molecule has 21 heavy (non-hydrogen) atoms. The molecule has 3 rings (SSSR count). The second-order valence-corrected chi connectivity index (χ2v) is 4.96. The van der Waals surface area contributed by atoms with Crippen LogP contribution in [0.1, 0.15) is 35.2 Å². The molecule has 1 N–H and O–H groups in total. The molecule has 2 aromatic carbocycles. The van der Waals surface area contributed by atoms with Gasteiger partial charge in [0, 0.05) is 11.5 Å². The summed E-state index contributed by atoms with van der Waals surface area (Å²) in [4.78, 5) is 26.4. The van der Waals surface area contributed by atoms with Crippen LogP contribution in [0, 0.1) is 0 Å². The number of H-pyrrole nitrogens is 1. The van der Waals surface area contributed by atoms with Crippen LogP contribution >= 0.6 is 0 Å². The largest absolute Gasteiger partial charge is 0.417 e. The third-order valence-corrected chi connectivity index (χ3v) is 3.63. The average Bonchev–Trinajstić information content (AvgIpc) is 2.88. The molecule has 4 heteroatoms. The van der Waals surface area contributed by atoms with Crippen LogP contribution in [-0.4, -0.2) is 10.8 Å². The average molecular weight is 281 g/mol. The summed E-state index contributed by atoms with van der Waals surface area (Å²) >= 11 is 0. The second-order valence-electron chi connectivity index (χ2n) is 4.96. The third kappa shape index (κ3) is 2.52. The van der Waals surface area contributed by atoms with Crippen molar-refractivity contribution in [1.82, 2.24) is 4.98 Å². The van der Waals surface area contributed by atoms with E-state index in [1.54, 1.807) is 18.2 Å². The summed E-state index contributed by atoms with van der Waals surface area (Å²) in [6, 6.07) is 14.8. The van der Waals surface area contributed by atoms with Gasteiger partial charge in [-0.05, 0) is 30.2 Å². The number of hydrogen-bond donors (Lipinski definition) is 1. The maximum atomic E-state index is 12.7. The maximum Gasteiger partial charge on any atom is 0.417 e. The van der Waals surface area contributed by atoms with Crippen LogP contribution in [0.4, 0.5) is 0 Å². The van der Waals surface area contributed by atoms with Crippen LogP contribution in [0.2, 0.25) is 0 Å². The highest BCUT2D eigenvalue weighted by Gasteiger charge is 2.20. The van der Waals surface area contributed by atoms with Crippen LogP contribution in [-0.2, 0) is 0 Å². The summed E-state index contributed by atoms with van der Waals surface area (Å²) in [5.74, 6) is -0.659. The van der Waals surface area contributed by atoms with Crippen molar-refractivity contribution in [3.05, 3.63) is 70.2 Å². The van der Waals surface area contributed by atoms with Gasteiger partial charge in [-0.25, -0.2) is 4.79 Å². The van der Waals surface area contributed by atoms with Crippen LogP contribution < -0.4 is 5.76 Å². The molecule has 0 aliphatic carbocycles. The monoisotopic (exact) mass is 281 g/mol.